The summed E-state index contributed by atoms with van der Waals surface area (Å²) in [5.74, 6) is -1.37. The summed E-state index contributed by atoms with van der Waals surface area (Å²) in [4.78, 5) is 12.8. The Morgan fingerprint density at radius 3 is 2.54 bits per heavy atom. The van der Waals surface area contributed by atoms with Crippen molar-refractivity contribution >= 4 is 11.6 Å². The number of rotatable bonds is 4. The summed E-state index contributed by atoms with van der Waals surface area (Å²) in [7, 11) is 0. The lowest BCUT2D eigenvalue weighted by Crippen LogP contribution is -2.33. The van der Waals surface area contributed by atoms with E-state index in [1.807, 2.05) is 0 Å². The standard InChI is InChI=1S/C18H14ClF2N3O2/c1-11(18(9-26-18)15-7-4-13(20)8-16(15)21)23-10-22-24(17(23)25)14-5-2-12(19)3-6-14/h2-8,10-11H,9H2,1H3/t11-,18-/m1/s1. The fourth-order valence-corrected chi connectivity index (χ4v) is 3.22. The van der Waals surface area contributed by atoms with Crippen LogP contribution in [0.5, 0.6) is 0 Å². The molecule has 0 N–H and O–H groups in total. The van der Waals surface area contributed by atoms with Crippen molar-refractivity contribution in [2.24, 2.45) is 0 Å². The molecule has 0 unspecified atom stereocenters. The highest BCUT2D eigenvalue weighted by molar-refractivity contribution is 6.30. The van der Waals surface area contributed by atoms with Crippen LogP contribution < -0.4 is 5.69 Å². The molecule has 1 fully saturated rings. The number of epoxide rings is 1. The fraction of sp³-hybridized carbons (Fsp3) is 0.222. The van der Waals surface area contributed by atoms with Gasteiger partial charge in [-0.25, -0.2) is 13.6 Å². The largest absolute Gasteiger partial charge is 0.362 e. The molecule has 2 aromatic carbocycles. The highest BCUT2D eigenvalue weighted by Crippen LogP contribution is 2.48. The highest BCUT2D eigenvalue weighted by atomic mass is 35.5. The summed E-state index contributed by atoms with van der Waals surface area (Å²) in [5, 5.41) is 4.67. The van der Waals surface area contributed by atoms with Crippen molar-refractivity contribution in [3.8, 4) is 5.69 Å². The van der Waals surface area contributed by atoms with Gasteiger partial charge in [0, 0.05) is 16.7 Å². The predicted molar refractivity (Wildman–Crippen MR) is 91.5 cm³/mol. The Morgan fingerprint density at radius 1 is 1.23 bits per heavy atom. The Balaban J connectivity index is 1.72. The van der Waals surface area contributed by atoms with Crippen LogP contribution in [0.25, 0.3) is 5.69 Å². The zero-order chi connectivity index (χ0) is 18.5. The maximum absolute atomic E-state index is 14.2. The second kappa shape index (κ2) is 6.03. The molecular weight excluding hydrogens is 364 g/mol. The minimum Gasteiger partial charge on any atom is -0.362 e. The van der Waals surface area contributed by atoms with Crippen LogP contribution in [0.1, 0.15) is 18.5 Å². The molecule has 1 aliphatic heterocycles. The first-order chi connectivity index (χ1) is 12.4. The van der Waals surface area contributed by atoms with Gasteiger partial charge in [-0.2, -0.15) is 9.78 Å². The van der Waals surface area contributed by atoms with Gasteiger partial charge in [0.05, 0.1) is 18.3 Å². The molecule has 4 rings (SSSR count). The maximum Gasteiger partial charge on any atom is 0.350 e. The number of hydrogen-bond acceptors (Lipinski definition) is 3. The summed E-state index contributed by atoms with van der Waals surface area (Å²) < 4.78 is 35.6. The van der Waals surface area contributed by atoms with Gasteiger partial charge >= 0.3 is 5.69 Å². The number of aromatic nitrogens is 3. The summed E-state index contributed by atoms with van der Waals surface area (Å²) in [6.45, 7) is 1.97. The van der Waals surface area contributed by atoms with Gasteiger partial charge < -0.3 is 4.74 Å². The van der Waals surface area contributed by atoms with Crippen molar-refractivity contribution in [3.05, 3.63) is 81.5 Å². The van der Waals surface area contributed by atoms with Crippen molar-refractivity contribution in [3.63, 3.8) is 0 Å². The highest BCUT2D eigenvalue weighted by Gasteiger charge is 2.54. The molecular formula is C18H14ClF2N3O2. The van der Waals surface area contributed by atoms with Gasteiger partial charge in [0.1, 0.15) is 23.6 Å². The Labute approximate surface area is 152 Å². The lowest BCUT2D eigenvalue weighted by Gasteiger charge is -2.21. The van der Waals surface area contributed by atoms with E-state index in [1.54, 1.807) is 31.2 Å². The second-order valence-corrected chi connectivity index (χ2v) is 6.62. The third-order valence-corrected chi connectivity index (χ3v) is 4.95. The van der Waals surface area contributed by atoms with Crippen molar-refractivity contribution < 1.29 is 13.5 Å². The summed E-state index contributed by atoms with van der Waals surface area (Å²) in [6.07, 6.45) is 1.38. The molecule has 3 aromatic rings. The molecule has 1 aliphatic rings. The Morgan fingerprint density at radius 2 is 1.92 bits per heavy atom. The van der Waals surface area contributed by atoms with E-state index in [1.165, 1.54) is 27.7 Å². The van der Waals surface area contributed by atoms with Crippen molar-refractivity contribution in [2.45, 2.75) is 18.6 Å². The first-order valence-corrected chi connectivity index (χ1v) is 8.32. The van der Waals surface area contributed by atoms with Crippen molar-refractivity contribution in [1.29, 1.82) is 0 Å². The quantitative estimate of drug-likeness (QED) is 0.654. The molecule has 0 radical (unpaired) electrons. The van der Waals surface area contributed by atoms with E-state index in [4.69, 9.17) is 16.3 Å². The van der Waals surface area contributed by atoms with Crippen LogP contribution in [0.15, 0.2) is 53.6 Å². The molecule has 5 nitrogen and oxygen atoms in total. The van der Waals surface area contributed by atoms with Crippen LogP contribution >= 0.6 is 11.6 Å². The molecule has 0 saturated carbocycles. The fourth-order valence-electron chi connectivity index (χ4n) is 3.10. The molecule has 2 heterocycles. The van der Waals surface area contributed by atoms with Crippen LogP contribution in [-0.4, -0.2) is 21.0 Å². The van der Waals surface area contributed by atoms with Gasteiger partial charge in [0.15, 0.2) is 0 Å². The van der Waals surface area contributed by atoms with E-state index < -0.39 is 29.0 Å². The number of hydrogen-bond donors (Lipinski definition) is 0. The molecule has 134 valence electrons. The van der Waals surface area contributed by atoms with Crippen LogP contribution in [0.3, 0.4) is 0 Å². The molecule has 26 heavy (non-hydrogen) atoms. The molecule has 0 spiro atoms. The zero-order valence-corrected chi connectivity index (χ0v) is 14.5. The second-order valence-electron chi connectivity index (χ2n) is 6.19. The third kappa shape index (κ3) is 2.64. The van der Waals surface area contributed by atoms with E-state index >= 15 is 0 Å². The summed E-state index contributed by atoms with van der Waals surface area (Å²) >= 11 is 5.86. The minimum atomic E-state index is -1.02. The van der Waals surface area contributed by atoms with Gasteiger partial charge in [-0.05, 0) is 37.3 Å². The van der Waals surface area contributed by atoms with Crippen LogP contribution in [0, 0.1) is 11.6 Å². The topological polar surface area (TPSA) is 52.4 Å². The molecule has 1 saturated heterocycles. The van der Waals surface area contributed by atoms with Gasteiger partial charge in [0.25, 0.3) is 0 Å². The van der Waals surface area contributed by atoms with Crippen LogP contribution in [0.4, 0.5) is 8.78 Å². The monoisotopic (exact) mass is 377 g/mol. The van der Waals surface area contributed by atoms with E-state index in [-0.39, 0.29) is 12.2 Å². The summed E-state index contributed by atoms with van der Waals surface area (Å²) in [6, 6.07) is 9.47. The molecule has 2 atom stereocenters. The predicted octanol–water partition coefficient (Wildman–Crippen LogP) is 3.45. The average molecular weight is 378 g/mol. The molecule has 0 aliphatic carbocycles. The van der Waals surface area contributed by atoms with E-state index in [0.29, 0.717) is 10.7 Å². The Kier molecular flexibility index (Phi) is 3.93. The molecule has 1 aromatic heterocycles. The van der Waals surface area contributed by atoms with Crippen molar-refractivity contribution in [2.75, 3.05) is 6.61 Å². The van der Waals surface area contributed by atoms with Crippen LogP contribution in [-0.2, 0) is 10.3 Å². The first kappa shape index (κ1) is 16.9. The van der Waals surface area contributed by atoms with E-state index in [2.05, 4.69) is 5.10 Å². The van der Waals surface area contributed by atoms with Crippen LogP contribution in [0.2, 0.25) is 5.02 Å². The SMILES string of the molecule is C[C@@H](n1cnn(-c2ccc(Cl)cc2)c1=O)[C@@]1(c2ccc(F)cc2F)CO1. The smallest absolute Gasteiger partial charge is 0.350 e. The number of ether oxygens (including phenoxy) is 1. The van der Waals surface area contributed by atoms with Gasteiger partial charge in [-0.1, -0.05) is 17.7 Å². The van der Waals surface area contributed by atoms with Gasteiger partial charge in [-0.3, -0.25) is 4.57 Å². The van der Waals surface area contributed by atoms with E-state index in [0.717, 1.165) is 6.07 Å². The van der Waals surface area contributed by atoms with Crippen molar-refractivity contribution in [1.82, 2.24) is 14.3 Å². The molecule has 0 amide bonds. The maximum atomic E-state index is 14.2. The molecule has 0 bridgehead atoms. The first-order valence-electron chi connectivity index (χ1n) is 7.94. The number of halogens is 3. The average Bonchev–Trinajstić information content (AvgIpc) is 3.32. The lowest BCUT2D eigenvalue weighted by atomic mass is 9.92. The minimum absolute atomic E-state index is 0.220. The summed E-state index contributed by atoms with van der Waals surface area (Å²) in [5.41, 5.74) is -0.631. The number of benzene rings is 2. The number of nitrogens with zero attached hydrogens (tertiary/aromatic N) is 3. The Hall–Kier alpha value is -2.51. The lowest BCUT2D eigenvalue weighted by molar-refractivity contribution is 0.222. The molecule has 8 heteroatoms. The van der Waals surface area contributed by atoms with Gasteiger partial charge in [-0.15, -0.1) is 0 Å². The normalized spacial score (nSPS) is 20.2. The third-order valence-electron chi connectivity index (χ3n) is 4.70. The van der Waals surface area contributed by atoms with Gasteiger partial charge in [0.2, 0.25) is 0 Å². The zero-order valence-electron chi connectivity index (χ0n) is 13.7. The van der Waals surface area contributed by atoms with E-state index in [9.17, 15) is 13.6 Å². The Bertz CT molecular complexity index is 1030.